The quantitative estimate of drug-likeness (QED) is 0.544. The molecule has 0 N–H and O–H groups in total. The van der Waals surface area contributed by atoms with Gasteiger partial charge in [-0.05, 0) is 63.0 Å². The van der Waals surface area contributed by atoms with Crippen LogP contribution in [0.5, 0.6) is 0 Å². The van der Waals surface area contributed by atoms with Crippen LogP contribution in [-0.4, -0.2) is 54.8 Å². The van der Waals surface area contributed by atoms with E-state index < -0.39 is 9.84 Å². The molecule has 7 nitrogen and oxygen atoms in total. The molecule has 4 heterocycles. The second kappa shape index (κ2) is 7.91. The van der Waals surface area contributed by atoms with Crippen LogP contribution in [0.2, 0.25) is 0 Å². The van der Waals surface area contributed by atoms with Gasteiger partial charge in [-0.25, -0.2) is 18.4 Å². The van der Waals surface area contributed by atoms with E-state index in [-0.39, 0.29) is 16.0 Å². The third kappa shape index (κ3) is 3.89. The highest BCUT2D eigenvalue weighted by molar-refractivity contribution is 7.93. The van der Waals surface area contributed by atoms with Crippen molar-refractivity contribution >= 4 is 43.2 Å². The number of benzene rings is 1. The van der Waals surface area contributed by atoms with Crippen LogP contribution in [0.1, 0.15) is 31.9 Å². The lowest BCUT2D eigenvalue weighted by molar-refractivity contribution is 0.476. The van der Waals surface area contributed by atoms with Gasteiger partial charge >= 0.3 is 0 Å². The molecule has 1 aromatic carbocycles. The van der Waals surface area contributed by atoms with Gasteiger partial charge in [-0.2, -0.15) is 4.98 Å². The maximum absolute atomic E-state index is 13.0. The van der Waals surface area contributed by atoms with E-state index in [2.05, 4.69) is 27.8 Å². The Morgan fingerprint density at radius 3 is 2.64 bits per heavy atom. The molecule has 0 amide bonds. The molecule has 2 aromatic heterocycles. The van der Waals surface area contributed by atoms with Crippen molar-refractivity contribution in [2.75, 3.05) is 35.2 Å². The Hall–Kier alpha value is -2.26. The number of fused-ring (bicyclic) bond motifs is 2. The van der Waals surface area contributed by atoms with Gasteiger partial charge in [0.1, 0.15) is 5.82 Å². The standard InChI is InChI=1S/C24H29N5O2S2/c1-15-11-22(27-23(25-15)29-10-6-5-7-16(29)2)28-12-17-18(13-28)19(17)14-33(30,31)24-26-20-8-3-4-9-21(20)32-24/h3-4,8-9,11,16-19H,5-7,10,12-14H2,1-2H3/t16-,17-,18+,19+/m0/s1. The smallest absolute Gasteiger partial charge is 0.227 e. The van der Waals surface area contributed by atoms with Crippen molar-refractivity contribution in [1.82, 2.24) is 15.0 Å². The molecule has 2 saturated heterocycles. The number of piperidine rings is 2. The fraction of sp³-hybridized carbons (Fsp3) is 0.542. The average Bonchev–Trinajstić information content (AvgIpc) is 3.16. The lowest BCUT2D eigenvalue weighted by Gasteiger charge is -2.34. The monoisotopic (exact) mass is 483 g/mol. The molecule has 0 radical (unpaired) electrons. The molecular formula is C24H29N5O2S2. The van der Waals surface area contributed by atoms with Crippen molar-refractivity contribution in [2.45, 2.75) is 43.5 Å². The van der Waals surface area contributed by atoms with E-state index in [0.717, 1.165) is 47.3 Å². The number of thiazole rings is 1. The number of para-hydroxylation sites is 1. The summed E-state index contributed by atoms with van der Waals surface area (Å²) in [5.41, 5.74) is 1.75. The normalized spacial score (nSPS) is 27.2. The zero-order chi connectivity index (χ0) is 22.7. The minimum atomic E-state index is -3.36. The number of aryl methyl sites for hydroxylation is 1. The molecule has 2 aliphatic heterocycles. The SMILES string of the molecule is Cc1cc(N2C[C@@H]3[C@H](C2)[C@H]3CS(=O)(=O)c2nc3ccccc3s2)nc(N2CCCC[C@@H]2C)n1. The summed E-state index contributed by atoms with van der Waals surface area (Å²) in [6.07, 6.45) is 3.65. The molecule has 0 unspecified atom stereocenters. The zero-order valence-corrected chi connectivity index (χ0v) is 20.6. The molecule has 3 aromatic rings. The fourth-order valence-corrected chi connectivity index (χ4v) is 8.67. The molecule has 0 bridgehead atoms. The first-order valence-electron chi connectivity index (χ1n) is 11.8. The van der Waals surface area contributed by atoms with Crippen molar-refractivity contribution < 1.29 is 8.42 Å². The first-order valence-corrected chi connectivity index (χ1v) is 14.3. The summed E-state index contributed by atoms with van der Waals surface area (Å²) in [5, 5.41) is 0. The van der Waals surface area contributed by atoms with Gasteiger partial charge in [0.15, 0.2) is 0 Å². The van der Waals surface area contributed by atoms with Gasteiger partial charge < -0.3 is 9.80 Å². The molecule has 1 saturated carbocycles. The van der Waals surface area contributed by atoms with Crippen LogP contribution in [0.25, 0.3) is 10.2 Å². The lowest BCUT2D eigenvalue weighted by Crippen LogP contribution is -2.39. The van der Waals surface area contributed by atoms with Gasteiger partial charge in [-0.1, -0.05) is 12.1 Å². The van der Waals surface area contributed by atoms with E-state index in [1.54, 1.807) is 0 Å². The molecule has 3 aliphatic rings. The molecule has 6 rings (SSSR count). The molecule has 4 atom stereocenters. The van der Waals surface area contributed by atoms with E-state index in [0.29, 0.717) is 17.9 Å². The first kappa shape index (κ1) is 21.3. The summed E-state index contributed by atoms with van der Waals surface area (Å²) in [5.74, 6) is 3.09. The Labute approximate surface area is 198 Å². The van der Waals surface area contributed by atoms with Crippen molar-refractivity contribution in [3.05, 3.63) is 36.0 Å². The summed E-state index contributed by atoms with van der Waals surface area (Å²) in [7, 11) is -3.36. The summed E-state index contributed by atoms with van der Waals surface area (Å²) in [6.45, 7) is 7.05. The van der Waals surface area contributed by atoms with E-state index >= 15 is 0 Å². The van der Waals surface area contributed by atoms with Crippen LogP contribution in [-0.2, 0) is 9.84 Å². The van der Waals surface area contributed by atoms with Crippen LogP contribution in [0, 0.1) is 24.7 Å². The summed E-state index contributed by atoms with van der Waals surface area (Å²) in [4.78, 5) is 18.7. The van der Waals surface area contributed by atoms with E-state index in [9.17, 15) is 8.42 Å². The second-order valence-electron chi connectivity index (χ2n) is 9.83. The Kier molecular flexibility index (Phi) is 5.10. The molecule has 174 valence electrons. The van der Waals surface area contributed by atoms with Crippen LogP contribution in [0.4, 0.5) is 11.8 Å². The molecule has 33 heavy (non-hydrogen) atoms. The first-order chi connectivity index (χ1) is 15.9. The van der Waals surface area contributed by atoms with Gasteiger partial charge in [0.2, 0.25) is 20.1 Å². The van der Waals surface area contributed by atoms with Gasteiger partial charge in [-0.15, -0.1) is 11.3 Å². The second-order valence-corrected chi connectivity index (χ2v) is 13.1. The van der Waals surface area contributed by atoms with E-state index in [1.807, 2.05) is 31.2 Å². The third-order valence-electron chi connectivity index (χ3n) is 7.54. The van der Waals surface area contributed by atoms with Crippen LogP contribution in [0.3, 0.4) is 0 Å². The maximum atomic E-state index is 13.0. The summed E-state index contributed by atoms with van der Waals surface area (Å²) >= 11 is 1.29. The maximum Gasteiger partial charge on any atom is 0.227 e. The van der Waals surface area contributed by atoms with E-state index in [4.69, 9.17) is 9.97 Å². The number of rotatable bonds is 5. The Bertz CT molecular complexity index is 1260. The van der Waals surface area contributed by atoms with Crippen LogP contribution >= 0.6 is 11.3 Å². The number of sulfone groups is 1. The van der Waals surface area contributed by atoms with Crippen molar-refractivity contribution in [3.8, 4) is 0 Å². The molecule has 3 fully saturated rings. The number of nitrogens with zero attached hydrogens (tertiary/aromatic N) is 5. The molecular weight excluding hydrogens is 454 g/mol. The van der Waals surface area contributed by atoms with Crippen LogP contribution in [0.15, 0.2) is 34.7 Å². The average molecular weight is 484 g/mol. The van der Waals surface area contributed by atoms with Gasteiger partial charge in [0.25, 0.3) is 0 Å². The fourth-order valence-electron chi connectivity index (χ4n) is 5.61. The predicted octanol–water partition coefficient (Wildman–Crippen LogP) is 3.93. The Morgan fingerprint density at radius 2 is 1.88 bits per heavy atom. The minimum absolute atomic E-state index is 0.204. The minimum Gasteiger partial charge on any atom is -0.356 e. The number of hydrogen-bond acceptors (Lipinski definition) is 8. The molecule has 9 heteroatoms. The van der Waals surface area contributed by atoms with E-state index in [1.165, 1.54) is 30.6 Å². The lowest BCUT2D eigenvalue weighted by atomic mass is 10.0. The predicted molar refractivity (Wildman–Crippen MR) is 132 cm³/mol. The topological polar surface area (TPSA) is 79.3 Å². The number of hydrogen-bond donors (Lipinski definition) is 0. The van der Waals surface area contributed by atoms with Gasteiger partial charge in [-0.3, -0.25) is 0 Å². The Morgan fingerprint density at radius 1 is 1.09 bits per heavy atom. The van der Waals surface area contributed by atoms with Crippen molar-refractivity contribution in [3.63, 3.8) is 0 Å². The van der Waals surface area contributed by atoms with Crippen LogP contribution < -0.4 is 9.80 Å². The van der Waals surface area contributed by atoms with Gasteiger partial charge in [0.05, 0.1) is 16.0 Å². The highest BCUT2D eigenvalue weighted by Gasteiger charge is 2.57. The zero-order valence-electron chi connectivity index (χ0n) is 19.0. The third-order valence-corrected chi connectivity index (χ3v) is 10.8. The summed E-state index contributed by atoms with van der Waals surface area (Å²) in [6, 6.07) is 10.1. The van der Waals surface area contributed by atoms with Crippen molar-refractivity contribution in [1.29, 1.82) is 0 Å². The Balaban J connectivity index is 1.14. The molecule has 1 aliphatic carbocycles. The summed E-state index contributed by atoms with van der Waals surface area (Å²) < 4.78 is 27.3. The van der Waals surface area contributed by atoms with Gasteiger partial charge in [0, 0.05) is 37.4 Å². The highest BCUT2D eigenvalue weighted by Crippen LogP contribution is 2.53. The largest absolute Gasteiger partial charge is 0.356 e. The number of aromatic nitrogens is 3. The van der Waals surface area contributed by atoms with Crippen molar-refractivity contribution in [2.24, 2.45) is 17.8 Å². The number of anilines is 2. The highest BCUT2D eigenvalue weighted by atomic mass is 32.2. The molecule has 0 spiro atoms.